The summed E-state index contributed by atoms with van der Waals surface area (Å²) in [6, 6.07) is -2.31. The van der Waals surface area contributed by atoms with Crippen molar-refractivity contribution < 1.29 is 28.2 Å². The lowest BCUT2D eigenvalue weighted by molar-refractivity contribution is -0.148. The van der Waals surface area contributed by atoms with E-state index in [4.69, 9.17) is 5.11 Å². The van der Waals surface area contributed by atoms with Crippen LogP contribution < -0.4 is 5.32 Å². The normalized spacial score (nSPS) is 12.7. The van der Waals surface area contributed by atoms with Crippen molar-refractivity contribution in [3.8, 4) is 0 Å². The summed E-state index contributed by atoms with van der Waals surface area (Å²) in [6.45, 7) is 3.43. The molecule has 0 aromatic carbocycles. The largest absolute Gasteiger partial charge is 0.480 e. The molecule has 0 aromatic heterocycles. The number of alkyl halides is 2. The molecule has 0 aliphatic carbocycles. The van der Waals surface area contributed by atoms with E-state index in [-0.39, 0.29) is 6.61 Å². The molecule has 0 heterocycles. The highest BCUT2D eigenvalue weighted by Crippen LogP contribution is 2.17. The van der Waals surface area contributed by atoms with E-state index in [2.05, 4.69) is 11.3 Å². The van der Waals surface area contributed by atoms with Crippen LogP contribution in [0.3, 0.4) is 0 Å². The molecule has 1 atom stereocenters. The quantitative estimate of drug-likeness (QED) is 0.682. The first kappa shape index (κ1) is 13.3. The third-order valence-electron chi connectivity index (χ3n) is 1.35. The van der Waals surface area contributed by atoms with Crippen LogP contribution in [0.25, 0.3) is 0 Å². The van der Waals surface area contributed by atoms with Gasteiger partial charge in [-0.15, -0.1) is 0 Å². The monoisotopic (exact) mass is 223 g/mol. The van der Waals surface area contributed by atoms with Crippen molar-refractivity contribution in [2.45, 2.75) is 18.9 Å². The van der Waals surface area contributed by atoms with Crippen molar-refractivity contribution in [2.24, 2.45) is 0 Å². The third-order valence-corrected chi connectivity index (χ3v) is 1.35. The molecule has 86 valence electrons. The Bertz CT molecular complexity index is 262. The summed E-state index contributed by atoms with van der Waals surface area (Å²) in [5, 5.41) is 9.95. The molecule has 0 aliphatic heterocycles. The minimum absolute atomic E-state index is 0.187. The molecule has 0 radical (unpaired) electrons. The van der Waals surface area contributed by atoms with Crippen molar-refractivity contribution in [3.05, 3.63) is 12.7 Å². The standard InChI is InChI=1S/C8H11F2NO4/c1-3-4-15-7(14)11-5(6(12)13)8(2,9)10/h3,5H,1,4H2,2H3,(H,11,14)(H,12,13). The van der Waals surface area contributed by atoms with E-state index < -0.39 is 24.0 Å². The maximum atomic E-state index is 12.6. The van der Waals surface area contributed by atoms with Gasteiger partial charge in [-0.3, -0.25) is 0 Å². The second-order valence-electron chi connectivity index (χ2n) is 2.76. The number of carboxylic acid groups (broad SMARTS) is 1. The molecule has 7 heteroatoms. The van der Waals surface area contributed by atoms with Gasteiger partial charge in [0.25, 0.3) is 5.92 Å². The molecule has 2 N–H and O–H groups in total. The molecular weight excluding hydrogens is 212 g/mol. The van der Waals surface area contributed by atoms with Gasteiger partial charge in [0.05, 0.1) is 0 Å². The average Bonchev–Trinajstić information content (AvgIpc) is 2.08. The van der Waals surface area contributed by atoms with Gasteiger partial charge in [0.2, 0.25) is 0 Å². The van der Waals surface area contributed by atoms with E-state index in [1.807, 2.05) is 0 Å². The van der Waals surface area contributed by atoms with Gasteiger partial charge in [-0.2, -0.15) is 0 Å². The molecule has 0 bridgehead atoms. The number of carbonyl (C=O) groups excluding carboxylic acids is 1. The van der Waals surface area contributed by atoms with Crippen molar-refractivity contribution in [3.63, 3.8) is 0 Å². The predicted octanol–water partition coefficient (Wildman–Crippen LogP) is 1.01. The predicted molar refractivity (Wildman–Crippen MR) is 46.7 cm³/mol. The van der Waals surface area contributed by atoms with Crippen LogP contribution in [0.4, 0.5) is 13.6 Å². The molecule has 0 aliphatic rings. The van der Waals surface area contributed by atoms with Crippen molar-refractivity contribution in [1.82, 2.24) is 5.32 Å². The average molecular weight is 223 g/mol. The molecule has 0 spiro atoms. The molecule has 0 saturated heterocycles. The Morgan fingerprint density at radius 3 is 2.53 bits per heavy atom. The summed E-state index contributed by atoms with van der Waals surface area (Å²) < 4.78 is 29.6. The molecule has 0 saturated carbocycles. The summed E-state index contributed by atoms with van der Waals surface area (Å²) in [5.74, 6) is -5.41. The number of alkyl carbamates (subject to hydrolysis) is 1. The minimum Gasteiger partial charge on any atom is -0.480 e. The third kappa shape index (κ3) is 4.94. The Morgan fingerprint density at radius 1 is 1.67 bits per heavy atom. The van der Waals surface area contributed by atoms with Crippen LogP contribution in [0.15, 0.2) is 12.7 Å². The highest BCUT2D eigenvalue weighted by molar-refractivity contribution is 5.80. The summed E-state index contributed by atoms with van der Waals surface area (Å²) in [5.41, 5.74) is 0. The zero-order valence-electron chi connectivity index (χ0n) is 8.00. The lowest BCUT2D eigenvalue weighted by atomic mass is 10.2. The lowest BCUT2D eigenvalue weighted by Crippen LogP contribution is -2.51. The molecule has 0 aromatic rings. The number of hydrogen-bond acceptors (Lipinski definition) is 3. The second-order valence-corrected chi connectivity index (χ2v) is 2.76. The van der Waals surface area contributed by atoms with Crippen LogP contribution >= 0.6 is 0 Å². The molecule has 1 amide bonds. The van der Waals surface area contributed by atoms with Gasteiger partial charge in [0.1, 0.15) is 6.61 Å². The molecule has 5 nitrogen and oxygen atoms in total. The number of aliphatic carboxylic acids is 1. The Hall–Kier alpha value is -1.66. The lowest BCUT2D eigenvalue weighted by Gasteiger charge is -2.20. The smallest absolute Gasteiger partial charge is 0.408 e. The van der Waals surface area contributed by atoms with Crippen LogP contribution in [0.5, 0.6) is 0 Å². The highest BCUT2D eigenvalue weighted by atomic mass is 19.3. The van der Waals surface area contributed by atoms with Crippen LogP contribution in [0.1, 0.15) is 6.92 Å². The highest BCUT2D eigenvalue weighted by Gasteiger charge is 2.41. The van der Waals surface area contributed by atoms with Crippen LogP contribution in [-0.4, -0.2) is 35.7 Å². The molecular formula is C8H11F2NO4. The van der Waals surface area contributed by atoms with Crippen molar-refractivity contribution in [1.29, 1.82) is 0 Å². The van der Waals surface area contributed by atoms with Crippen LogP contribution in [0, 0.1) is 0 Å². The number of rotatable bonds is 5. The summed E-state index contributed by atoms with van der Waals surface area (Å²) in [4.78, 5) is 21.2. The zero-order valence-corrected chi connectivity index (χ0v) is 8.00. The fourth-order valence-electron chi connectivity index (χ4n) is 0.699. The van der Waals surface area contributed by atoms with Crippen LogP contribution in [-0.2, 0) is 9.53 Å². The van der Waals surface area contributed by atoms with Crippen molar-refractivity contribution in [2.75, 3.05) is 6.61 Å². The molecule has 15 heavy (non-hydrogen) atoms. The number of carbonyl (C=O) groups is 2. The fraction of sp³-hybridized carbons (Fsp3) is 0.500. The molecule has 0 rings (SSSR count). The Balaban J connectivity index is 4.37. The van der Waals surface area contributed by atoms with Gasteiger partial charge in [0, 0.05) is 6.92 Å². The van der Waals surface area contributed by atoms with E-state index in [0.717, 1.165) is 0 Å². The first-order chi connectivity index (χ1) is 6.79. The Morgan fingerprint density at radius 2 is 2.20 bits per heavy atom. The number of halogens is 2. The Kier molecular flexibility index (Phi) is 4.69. The van der Waals surface area contributed by atoms with Gasteiger partial charge in [-0.05, 0) is 0 Å². The summed E-state index contributed by atoms with van der Waals surface area (Å²) in [6.07, 6.45) is -0.0109. The van der Waals surface area contributed by atoms with E-state index in [0.29, 0.717) is 6.92 Å². The van der Waals surface area contributed by atoms with E-state index in [1.54, 1.807) is 0 Å². The molecule has 1 unspecified atom stereocenters. The minimum atomic E-state index is -3.57. The first-order valence-corrected chi connectivity index (χ1v) is 3.94. The summed E-state index contributed by atoms with van der Waals surface area (Å²) >= 11 is 0. The SMILES string of the molecule is C=CCOC(=O)NC(C(=O)O)C(C)(F)F. The number of amides is 1. The van der Waals surface area contributed by atoms with Gasteiger partial charge in [0.15, 0.2) is 6.04 Å². The van der Waals surface area contributed by atoms with E-state index >= 15 is 0 Å². The number of carboxylic acids is 1. The maximum Gasteiger partial charge on any atom is 0.408 e. The zero-order chi connectivity index (χ0) is 12.1. The van der Waals surface area contributed by atoms with Crippen molar-refractivity contribution >= 4 is 12.1 Å². The van der Waals surface area contributed by atoms with E-state index in [1.165, 1.54) is 11.4 Å². The number of ether oxygens (including phenoxy) is 1. The van der Waals surface area contributed by atoms with Gasteiger partial charge < -0.3 is 15.2 Å². The fourth-order valence-corrected chi connectivity index (χ4v) is 0.699. The number of nitrogens with one attached hydrogen (secondary N) is 1. The van der Waals surface area contributed by atoms with Gasteiger partial charge >= 0.3 is 12.1 Å². The summed E-state index contributed by atoms with van der Waals surface area (Å²) in [7, 11) is 0. The van der Waals surface area contributed by atoms with Crippen LogP contribution in [0.2, 0.25) is 0 Å². The van der Waals surface area contributed by atoms with E-state index in [9.17, 15) is 18.4 Å². The first-order valence-electron chi connectivity index (χ1n) is 3.94. The van der Waals surface area contributed by atoms with Gasteiger partial charge in [-0.25, -0.2) is 18.4 Å². The topological polar surface area (TPSA) is 75.6 Å². The molecule has 0 fully saturated rings. The second kappa shape index (κ2) is 5.28. The number of hydrogen-bond donors (Lipinski definition) is 2. The Labute approximate surface area is 84.7 Å². The van der Waals surface area contributed by atoms with Gasteiger partial charge in [-0.1, -0.05) is 12.7 Å². The maximum absolute atomic E-state index is 12.6.